The van der Waals surface area contributed by atoms with Crippen molar-refractivity contribution in [2.75, 3.05) is 5.32 Å². The minimum absolute atomic E-state index is 0.0863. The molecule has 0 fully saturated rings. The molecule has 2 aromatic carbocycles. The molecule has 1 heterocycles. The Hall–Kier alpha value is -2.59. The maximum absolute atomic E-state index is 11.7. The second-order valence-electron chi connectivity index (χ2n) is 5.29. The van der Waals surface area contributed by atoms with Gasteiger partial charge >= 0.3 is 5.97 Å². The number of carboxylic acids is 1. The van der Waals surface area contributed by atoms with Crippen molar-refractivity contribution in [1.82, 2.24) is 4.57 Å². The van der Waals surface area contributed by atoms with E-state index in [0.717, 1.165) is 3.57 Å². The lowest BCUT2D eigenvalue weighted by molar-refractivity contribution is -0.384. The Kier molecular flexibility index (Phi) is 5.14. The summed E-state index contributed by atoms with van der Waals surface area (Å²) in [5, 5.41) is 24.3. The number of aromatic nitrogens is 1. The maximum atomic E-state index is 11.7. The summed E-state index contributed by atoms with van der Waals surface area (Å²) in [6.45, 7) is 0. The predicted molar refractivity (Wildman–Crippen MR) is 107 cm³/mol. The van der Waals surface area contributed by atoms with Crippen molar-refractivity contribution >= 4 is 57.2 Å². The molecule has 0 aliphatic carbocycles. The minimum atomic E-state index is -1.21. The zero-order chi connectivity index (χ0) is 18.8. The van der Waals surface area contributed by atoms with Gasteiger partial charge in [-0.3, -0.25) is 10.1 Å². The molecule has 0 bridgehead atoms. The van der Waals surface area contributed by atoms with E-state index in [1.165, 1.54) is 16.7 Å². The first-order chi connectivity index (χ1) is 12.4. The number of nitrogens with zero attached hydrogens (tertiary/aromatic N) is 2. The second-order valence-corrected chi connectivity index (χ2v) is 6.94. The van der Waals surface area contributed by atoms with Gasteiger partial charge in [-0.2, -0.15) is 0 Å². The minimum Gasteiger partial charge on any atom is -0.478 e. The van der Waals surface area contributed by atoms with E-state index in [1.54, 1.807) is 42.7 Å². The van der Waals surface area contributed by atoms with Gasteiger partial charge in [0.05, 0.1) is 26.9 Å². The molecule has 0 aliphatic heterocycles. The number of nitrogens with one attached hydrogen (secondary N) is 1. The average molecular weight is 484 g/mol. The molecule has 0 aliphatic rings. The van der Waals surface area contributed by atoms with Crippen LogP contribution in [0.3, 0.4) is 0 Å². The van der Waals surface area contributed by atoms with Gasteiger partial charge in [-0.05, 0) is 59.0 Å². The van der Waals surface area contributed by atoms with E-state index < -0.39 is 10.9 Å². The van der Waals surface area contributed by atoms with Crippen LogP contribution in [0.1, 0.15) is 10.4 Å². The molecule has 7 nitrogen and oxygen atoms in total. The highest BCUT2D eigenvalue weighted by Crippen LogP contribution is 2.34. The Balaban J connectivity index is 2.16. The average Bonchev–Trinajstić information content (AvgIpc) is 3.11. The first-order valence-corrected chi connectivity index (χ1v) is 8.73. The molecule has 0 atom stereocenters. The number of hydrogen-bond acceptors (Lipinski definition) is 4. The predicted octanol–water partition coefficient (Wildman–Crippen LogP) is 5.09. The van der Waals surface area contributed by atoms with Crippen LogP contribution in [0.2, 0.25) is 5.02 Å². The van der Waals surface area contributed by atoms with Crippen LogP contribution in [0, 0.1) is 13.7 Å². The largest absolute Gasteiger partial charge is 0.478 e. The molecule has 26 heavy (non-hydrogen) atoms. The van der Waals surface area contributed by atoms with Gasteiger partial charge in [0.2, 0.25) is 0 Å². The van der Waals surface area contributed by atoms with E-state index in [2.05, 4.69) is 27.9 Å². The van der Waals surface area contributed by atoms with Crippen molar-refractivity contribution in [3.63, 3.8) is 0 Å². The molecule has 0 amide bonds. The smallest absolute Gasteiger partial charge is 0.337 e. The SMILES string of the molecule is O=C(O)c1cc(-n2cccc2)c([N+](=O)[O-])cc1Nc1ccc(I)cc1Cl. The zero-order valence-electron chi connectivity index (χ0n) is 13.0. The van der Waals surface area contributed by atoms with Crippen LogP contribution in [0.25, 0.3) is 5.69 Å². The third-order valence-corrected chi connectivity index (χ3v) is 4.61. The van der Waals surface area contributed by atoms with E-state index in [9.17, 15) is 20.0 Å². The normalized spacial score (nSPS) is 10.5. The summed E-state index contributed by atoms with van der Waals surface area (Å²) in [6, 6.07) is 11.0. The molecule has 132 valence electrons. The first-order valence-electron chi connectivity index (χ1n) is 7.28. The summed E-state index contributed by atoms with van der Waals surface area (Å²) in [6.07, 6.45) is 3.22. The van der Waals surface area contributed by atoms with Crippen LogP contribution < -0.4 is 5.32 Å². The third-order valence-electron chi connectivity index (χ3n) is 3.62. The molecule has 0 saturated carbocycles. The second kappa shape index (κ2) is 7.34. The van der Waals surface area contributed by atoms with Crippen molar-refractivity contribution in [1.29, 1.82) is 0 Å². The Labute approximate surface area is 166 Å². The van der Waals surface area contributed by atoms with Gasteiger partial charge < -0.3 is 15.0 Å². The number of aromatic carboxylic acids is 1. The van der Waals surface area contributed by atoms with Gasteiger partial charge in [0.15, 0.2) is 0 Å². The molecule has 0 saturated heterocycles. The fourth-order valence-corrected chi connectivity index (χ4v) is 3.34. The summed E-state index contributed by atoms with van der Waals surface area (Å²) in [5.74, 6) is -1.21. The number of nitro benzene ring substituents is 1. The lowest BCUT2D eigenvalue weighted by atomic mass is 10.1. The van der Waals surface area contributed by atoms with Crippen LogP contribution in [0.15, 0.2) is 54.9 Å². The Morgan fingerprint density at radius 3 is 2.46 bits per heavy atom. The van der Waals surface area contributed by atoms with E-state index in [4.69, 9.17) is 11.6 Å². The molecule has 9 heteroatoms. The quantitative estimate of drug-likeness (QED) is 0.299. The molecular weight excluding hydrogens is 473 g/mol. The van der Waals surface area contributed by atoms with Crippen LogP contribution in [0.5, 0.6) is 0 Å². The number of anilines is 2. The highest BCUT2D eigenvalue weighted by molar-refractivity contribution is 14.1. The summed E-state index contributed by atoms with van der Waals surface area (Å²) < 4.78 is 2.40. The lowest BCUT2D eigenvalue weighted by Crippen LogP contribution is -2.07. The van der Waals surface area contributed by atoms with Crippen molar-refractivity contribution in [3.05, 3.63) is 79.1 Å². The molecule has 2 N–H and O–H groups in total. The molecule has 0 spiro atoms. The van der Waals surface area contributed by atoms with Crippen molar-refractivity contribution in [2.24, 2.45) is 0 Å². The highest BCUT2D eigenvalue weighted by Gasteiger charge is 2.23. The number of halogens is 2. The Morgan fingerprint density at radius 2 is 1.88 bits per heavy atom. The standard InChI is InChI=1S/C17H11ClIN3O4/c18-12-7-10(19)3-4-13(12)20-14-9-16(22(25)26)15(8-11(14)17(23)24)21-5-1-2-6-21/h1-9,20H,(H,23,24). The van der Waals surface area contributed by atoms with Crippen LogP contribution in [-0.4, -0.2) is 20.6 Å². The van der Waals surface area contributed by atoms with E-state index >= 15 is 0 Å². The fraction of sp³-hybridized carbons (Fsp3) is 0. The summed E-state index contributed by atoms with van der Waals surface area (Å²) in [5.41, 5.74) is 0.377. The van der Waals surface area contributed by atoms with Crippen LogP contribution >= 0.6 is 34.2 Å². The van der Waals surface area contributed by atoms with E-state index in [0.29, 0.717) is 10.7 Å². The maximum Gasteiger partial charge on any atom is 0.337 e. The lowest BCUT2D eigenvalue weighted by Gasteiger charge is -2.14. The number of nitro groups is 1. The third kappa shape index (κ3) is 3.65. The van der Waals surface area contributed by atoms with Crippen molar-refractivity contribution in [2.45, 2.75) is 0 Å². The molecular formula is C17H11ClIN3O4. The van der Waals surface area contributed by atoms with Crippen molar-refractivity contribution in [3.8, 4) is 5.69 Å². The molecule has 0 unspecified atom stereocenters. The Bertz CT molecular complexity index is 1010. The van der Waals surface area contributed by atoms with E-state index in [1.807, 2.05) is 0 Å². The number of hydrogen-bond donors (Lipinski definition) is 2. The summed E-state index contributed by atoms with van der Waals surface area (Å²) >= 11 is 8.27. The van der Waals surface area contributed by atoms with Gasteiger partial charge in [-0.25, -0.2) is 4.79 Å². The van der Waals surface area contributed by atoms with Gasteiger partial charge in [0.25, 0.3) is 5.69 Å². The Morgan fingerprint density at radius 1 is 1.19 bits per heavy atom. The number of rotatable bonds is 5. The van der Waals surface area contributed by atoms with Gasteiger partial charge in [-0.15, -0.1) is 0 Å². The highest BCUT2D eigenvalue weighted by atomic mass is 127. The van der Waals surface area contributed by atoms with Crippen LogP contribution in [-0.2, 0) is 0 Å². The van der Waals surface area contributed by atoms with Crippen molar-refractivity contribution < 1.29 is 14.8 Å². The van der Waals surface area contributed by atoms with Gasteiger partial charge in [0.1, 0.15) is 5.69 Å². The summed E-state index contributed by atoms with van der Waals surface area (Å²) in [4.78, 5) is 22.7. The number of benzene rings is 2. The molecule has 0 radical (unpaired) electrons. The van der Waals surface area contributed by atoms with Gasteiger partial charge in [-0.1, -0.05) is 11.6 Å². The zero-order valence-corrected chi connectivity index (χ0v) is 15.9. The summed E-state index contributed by atoms with van der Waals surface area (Å²) in [7, 11) is 0. The molecule has 1 aromatic heterocycles. The fourth-order valence-electron chi connectivity index (χ4n) is 2.44. The van der Waals surface area contributed by atoms with Crippen LogP contribution in [0.4, 0.5) is 17.1 Å². The first kappa shape index (κ1) is 18.2. The topological polar surface area (TPSA) is 97.4 Å². The monoisotopic (exact) mass is 483 g/mol. The van der Waals surface area contributed by atoms with E-state index in [-0.39, 0.29) is 22.6 Å². The number of carbonyl (C=O) groups is 1. The van der Waals surface area contributed by atoms with Gasteiger partial charge in [0, 0.05) is 22.0 Å². The molecule has 3 rings (SSSR count). The molecule has 3 aromatic rings. The number of carboxylic acid groups (broad SMARTS) is 1.